The zero-order valence-corrected chi connectivity index (χ0v) is 11.2. The number of carbonyl (C=O) groups excluding carboxylic acids is 3. The number of methoxy groups -OCH3 is 1. The fourth-order valence-electron chi connectivity index (χ4n) is 1.16. The lowest BCUT2D eigenvalue weighted by Crippen LogP contribution is -2.45. The van der Waals surface area contributed by atoms with Crippen molar-refractivity contribution in [3.8, 4) is 0 Å². The number of carbonyl (C=O) groups is 3. The predicted molar refractivity (Wildman–Crippen MR) is 63.9 cm³/mol. The molecule has 18 heavy (non-hydrogen) atoms. The highest BCUT2D eigenvalue weighted by atomic mass is 16.5. The average Bonchev–Trinajstić information content (AvgIpc) is 2.27. The summed E-state index contributed by atoms with van der Waals surface area (Å²) in [6.07, 6.45) is -0.788. The molecule has 0 rings (SSSR count). The Bertz CT molecular complexity index is 304. The van der Waals surface area contributed by atoms with Crippen molar-refractivity contribution in [1.29, 1.82) is 0 Å². The summed E-state index contributed by atoms with van der Waals surface area (Å²) < 4.78 is 9.10. The minimum absolute atomic E-state index is 0.00951. The number of hydrogen-bond acceptors (Lipinski definition) is 6. The van der Waals surface area contributed by atoms with Gasteiger partial charge in [-0.15, -0.1) is 0 Å². The van der Waals surface area contributed by atoms with Gasteiger partial charge in [0.15, 0.2) is 0 Å². The van der Waals surface area contributed by atoms with E-state index in [1.165, 1.54) is 7.11 Å². The Morgan fingerprint density at radius 3 is 2.28 bits per heavy atom. The van der Waals surface area contributed by atoms with Gasteiger partial charge < -0.3 is 9.47 Å². The van der Waals surface area contributed by atoms with Crippen molar-refractivity contribution in [2.24, 2.45) is 0 Å². The van der Waals surface area contributed by atoms with Crippen LogP contribution < -0.4 is 5.32 Å². The lowest BCUT2D eigenvalue weighted by Gasteiger charge is -2.23. The highest BCUT2D eigenvalue weighted by Gasteiger charge is 2.19. The van der Waals surface area contributed by atoms with Crippen LogP contribution in [0, 0.1) is 0 Å². The Kier molecular flexibility index (Phi) is 7.69. The molecule has 0 saturated heterocycles. The molecule has 0 unspecified atom stereocenters. The van der Waals surface area contributed by atoms with Gasteiger partial charge in [0.25, 0.3) is 0 Å². The molecular weight excluding hydrogens is 240 g/mol. The number of ether oxygens (including phenoxy) is 2. The molecule has 0 aromatic carbocycles. The zero-order valence-electron chi connectivity index (χ0n) is 11.2. The van der Waals surface area contributed by atoms with E-state index < -0.39 is 18.0 Å². The summed E-state index contributed by atoms with van der Waals surface area (Å²) in [6, 6.07) is -0.0305. The first-order chi connectivity index (χ1) is 8.40. The third kappa shape index (κ3) is 6.85. The standard InChI is InChI=1S/C11H20N2O5/c1-5-18-11(16)12-9(14)6-13(8(2)3)7-10(15)17-4/h8H,5-7H2,1-4H3,(H,12,14,16). The summed E-state index contributed by atoms with van der Waals surface area (Å²) in [6.45, 7) is 5.41. The van der Waals surface area contributed by atoms with Gasteiger partial charge in [-0.05, 0) is 20.8 Å². The molecule has 0 saturated carbocycles. The van der Waals surface area contributed by atoms with Crippen LogP contribution in [0.15, 0.2) is 0 Å². The van der Waals surface area contributed by atoms with Crippen LogP contribution in [0.5, 0.6) is 0 Å². The lowest BCUT2D eigenvalue weighted by molar-refractivity contribution is -0.142. The molecule has 0 bridgehead atoms. The quantitative estimate of drug-likeness (QED) is 0.684. The summed E-state index contributed by atoms with van der Waals surface area (Å²) in [5.74, 6) is -0.960. The average molecular weight is 260 g/mol. The van der Waals surface area contributed by atoms with Crippen molar-refractivity contribution in [2.45, 2.75) is 26.8 Å². The first-order valence-electron chi connectivity index (χ1n) is 5.68. The number of esters is 1. The van der Waals surface area contributed by atoms with Gasteiger partial charge in [-0.25, -0.2) is 4.79 Å². The molecule has 104 valence electrons. The van der Waals surface area contributed by atoms with E-state index in [0.29, 0.717) is 0 Å². The van der Waals surface area contributed by atoms with E-state index >= 15 is 0 Å². The Morgan fingerprint density at radius 1 is 1.22 bits per heavy atom. The van der Waals surface area contributed by atoms with E-state index in [0.717, 1.165) is 0 Å². The SMILES string of the molecule is CCOC(=O)NC(=O)CN(CC(=O)OC)C(C)C. The minimum atomic E-state index is -0.788. The lowest BCUT2D eigenvalue weighted by atomic mass is 10.3. The highest BCUT2D eigenvalue weighted by molar-refractivity contribution is 5.93. The minimum Gasteiger partial charge on any atom is -0.468 e. The van der Waals surface area contributed by atoms with Crippen molar-refractivity contribution < 1.29 is 23.9 Å². The van der Waals surface area contributed by atoms with Gasteiger partial charge in [-0.2, -0.15) is 0 Å². The molecule has 2 amide bonds. The normalized spacial score (nSPS) is 10.3. The number of hydrogen-bond donors (Lipinski definition) is 1. The van der Waals surface area contributed by atoms with Crippen molar-refractivity contribution >= 4 is 18.0 Å². The molecule has 0 fully saturated rings. The Hall–Kier alpha value is -1.63. The van der Waals surface area contributed by atoms with Gasteiger partial charge >= 0.3 is 12.1 Å². The van der Waals surface area contributed by atoms with Crippen molar-refractivity contribution in [1.82, 2.24) is 10.2 Å². The molecule has 0 aliphatic rings. The summed E-state index contributed by atoms with van der Waals surface area (Å²) >= 11 is 0. The molecule has 0 spiro atoms. The number of amides is 2. The van der Waals surface area contributed by atoms with Gasteiger partial charge in [0.2, 0.25) is 5.91 Å². The van der Waals surface area contributed by atoms with Crippen LogP contribution >= 0.6 is 0 Å². The number of nitrogens with zero attached hydrogens (tertiary/aromatic N) is 1. The van der Waals surface area contributed by atoms with Crippen LogP contribution in [0.1, 0.15) is 20.8 Å². The monoisotopic (exact) mass is 260 g/mol. The molecule has 0 aliphatic heterocycles. The maximum atomic E-state index is 11.5. The topological polar surface area (TPSA) is 84.9 Å². The van der Waals surface area contributed by atoms with Crippen LogP contribution in [-0.2, 0) is 19.1 Å². The largest absolute Gasteiger partial charge is 0.468 e. The molecule has 0 aliphatic carbocycles. The molecule has 0 heterocycles. The van der Waals surface area contributed by atoms with Gasteiger partial charge in [-0.3, -0.25) is 19.8 Å². The fourth-order valence-corrected chi connectivity index (χ4v) is 1.16. The van der Waals surface area contributed by atoms with Gasteiger partial charge in [-0.1, -0.05) is 0 Å². The molecule has 7 heteroatoms. The number of rotatable bonds is 6. The maximum absolute atomic E-state index is 11.5. The Labute approximate surface area is 106 Å². The highest BCUT2D eigenvalue weighted by Crippen LogP contribution is 1.98. The fraction of sp³-hybridized carbons (Fsp3) is 0.727. The first kappa shape index (κ1) is 16.4. The van der Waals surface area contributed by atoms with E-state index in [-0.39, 0.29) is 25.7 Å². The van der Waals surface area contributed by atoms with Gasteiger partial charge in [0.05, 0.1) is 26.8 Å². The molecular formula is C11H20N2O5. The summed E-state index contributed by atoms with van der Waals surface area (Å²) in [4.78, 5) is 35.3. The second-order valence-corrected chi connectivity index (χ2v) is 3.84. The number of alkyl carbamates (subject to hydrolysis) is 1. The van der Waals surface area contributed by atoms with E-state index in [1.807, 2.05) is 13.8 Å². The van der Waals surface area contributed by atoms with Crippen molar-refractivity contribution in [3.63, 3.8) is 0 Å². The van der Waals surface area contributed by atoms with Crippen LogP contribution in [0.3, 0.4) is 0 Å². The molecule has 0 aromatic heterocycles. The second kappa shape index (κ2) is 8.46. The zero-order chi connectivity index (χ0) is 14.1. The van der Waals surface area contributed by atoms with Crippen LogP contribution in [0.4, 0.5) is 4.79 Å². The summed E-state index contributed by atoms with van der Waals surface area (Å²) in [5.41, 5.74) is 0. The van der Waals surface area contributed by atoms with E-state index in [1.54, 1.807) is 11.8 Å². The van der Waals surface area contributed by atoms with Crippen molar-refractivity contribution in [2.75, 3.05) is 26.8 Å². The third-order valence-corrected chi connectivity index (χ3v) is 2.15. The first-order valence-corrected chi connectivity index (χ1v) is 5.68. The smallest absolute Gasteiger partial charge is 0.413 e. The summed E-state index contributed by atoms with van der Waals surface area (Å²) in [7, 11) is 1.28. The maximum Gasteiger partial charge on any atom is 0.413 e. The van der Waals surface area contributed by atoms with Crippen LogP contribution in [-0.4, -0.2) is 55.7 Å². The van der Waals surface area contributed by atoms with Crippen LogP contribution in [0.25, 0.3) is 0 Å². The van der Waals surface area contributed by atoms with E-state index in [9.17, 15) is 14.4 Å². The Balaban J connectivity index is 4.28. The van der Waals surface area contributed by atoms with Gasteiger partial charge in [0, 0.05) is 6.04 Å². The summed E-state index contributed by atoms with van der Waals surface area (Å²) in [5, 5.41) is 2.06. The molecule has 0 aromatic rings. The molecule has 7 nitrogen and oxygen atoms in total. The number of nitrogens with one attached hydrogen (secondary N) is 1. The van der Waals surface area contributed by atoms with Gasteiger partial charge in [0.1, 0.15) is 0 Å². The van der Waals surface area contributed by atoms with E-state index in [4.69, 9.17) is 0 Å². The van der Waals surface area contributed by atoms with Crippen LogP contribution in [0.2, 0.25) is 0 Å². The van der Waals surface area contributed by atoms with E-state index in [2.05, 4.69) is 14.8 Å². The predicted octanol–water partition coefficient (Wildman–Crippen LogP) is 0.143. The molecule has 0 radical (unpaired) electrons. The number of imide groups is 1. The van der Waals surface area contributed by atoms with Crippen molar-refractivity contribution in [3.05, 3.63) is 0 Å². The Morgan fingerprint density at radius 2 is 1.83 bits per heavy atom. The molecule has 1 N–H and O–H groups in total. The third-order valence-electron chi connectivity index (χ3n) is 2.15. The second-order valence-electron chi connectivity index (χ2n) is 3.84. The molecule has 0 atom stereocenters.